The van der Waals surface area contributed by atoms with Crippen molar-refractivity contribution in [3.05, 3.63) is 58.8 Å². The summed E-state index contributed by atoms with van der Waals surface area (Å²) in [7, 11) is 3.93. The predicted molar refractivity (Wildman–Crippen MR) is 93.7 cm³/mol. The van der Waals surface area contributed by atoms with Crippen LogP contribution in [0, 0.1) is 0 Å². The highest BCUT2D eigenvalue weighted by atomic mass is 18.2. The summed E-state index contributed by atoms with van der Waals surface area (Å²) in [4.78, 5) is 14.4. The van der Waals surface area contributed by atoms with E-state index in [9.17, 15) is 9.18 Å². The quantitative estimate of drug-likeness (QED) is 0.714. The molecule has 0 bridgehead atoms. The molecule has 1 heterocycles. The summed E-state index contributed by atoms with van der Waals surface area (Å²) in [5.41, 5.74) is 2.21. The predicted octanol–water partition coefficient (Wildman–Crippen LogP) is 3.87. The van der Waals surface area contributed by atoms with Crippen molar-refractivity contribution in [1.29, 1.82) is 0 Å². The Kier molecular flexibility index (Phi) is 4.51. The van der Waals surface area contributed by atoms with Crippen molar-refractivity contribution in [3.8, 4) is 17.1 Å². The van der Waals surface area contributed by atoms with E-state index in [0.717, 1.165) is 11.3 Å². The van der Waals surface area contributed by atoms with Gasteiger partial charge in [-0.05, 0) is 42.5 Å². The molecule has 0 unspecified atom stereocenters. The van der Waals surface area contributed by atoms with Crippen LogP contribution in [0.15, 0.2) is 57.7 Å². The molecule has 0 amide bonds. The minimum Gasteiger partial charge on any atom is -0.491 e. The van der Waals surface area contributed by atoms with E-state index in [1.54, 1.807) is 18.2 Å². The Labute approximate surface area is 139 Å². The van der Waals surface area contributed by atoms with Crippen LogP contribution < -0.4 is 15.1 Å². The molecule has 124 valence electrons. The van der Waals surface area contributed by atoms with Crippen LogP contribution in [0.2, 0.25) is 0 Å². The summed E-state index contributed by atoms with van der Waals surface area (Å²) >= 11 is 0. The van der Waals surface area contributed by atoms with Crippen LogP contribution in [0.5, 0.6) is 5.75 Å². The van der Waals surface area contributed by atoms with Gasteiger partial charge in [0.25, 0.3) is 0 Å². The van der Waals surface area contributed by atoms with Crippen LogP contribution >= 0.6 is 0 Å². The van der Waals surface area contributed by atoms with Gasteiger partial charge in [0.1, 0.15) is 30.4 Å². The second-order valence-electron chi connectivity index (χ2n) is 5.61. The highest BCUT2D eigenvalue weighted by Crippen LogP contribution is 2.26. The SMILES string of the molecule is CN(C)c1ccc(-c2cc(=O)c3cc(OCC[18F])ccc3o2)cc1. The summed E-state index contributed by atoms with van der Waals surface area (Å²) in [6, 6.07) is 14.1. The number of ether oxygens (including phenoxy) is 1. The fourth-order valence-electron chi connectivity index (χ4n) is 2.45. The molecule has 4 nitrogen and oxygen atoms in total. The maximum Gasteiger partial charge on any atom is 0.193 e. The van der Waals surface area contributed by atoms with Crippen molar-refractivity contribution in [3.63, 3.8) is 0 Å². The number of rotatable bonds is 5. The van der Waals surface area contributed by atoms with Gasteiger partial charge < -0.3 is 14.1 Å². The van der Waals surface area contributed by atoms with Crippen molar-refractivity contribution in [1.82, 2.24) is 0 Å². The first kappa shape index (κ1) is 16.1. The number of halogens is 1. The van der Waals surface area contributed by atoms with Crippen LogP contribution in [0.1, 0.15) is 0 Å². The molecule has 3 rings (SSSR count). The van der Waals surface area contributed by atoms with E-state index in [-0.39, 0.29) is 12.0 Å². The van der Waals surface area contributed by atoms with Gasteiger partial charge in [-0.2, -0.15) is 0 Å². The van der Waals surface area contributed by atoms with Gasteiger partial charge in [-0.15, -0.1) is 0 Å². The Hall–Kier alpha value is -2.82. The number of fused-ring (bicyclic) bond motifs is 1. The van der Waals surface area contributed by atoms with Gasteiger partial charge in [0, 0.05) is 31.4 Å². The monoisotopic (exact) mass is 326 g/mol. The fourth-order valence-corrected chi connectivity index (χ4v) is 2.45. The van der Waals surface area contributed by atoms with Crippen LogP contribution in [0.25, 0.3) is 22.3 Å². The van der Waals surface area contributed by atoms with E-state index in [1.165, 1.54) is 6.07 Å². The van der Waals surface area contributed by atoms with Crippen molar-refractivity contribution in [2.24, 2.45) is 0 Å². The summed E-state index contributed by atoms with van der Waals surface area (Å²) in [6.45, 7) is -0.609. The van der Waals surface area contributed by atoms with Crippen LogP contribution in [0.4, 0.5) is 10.1 Å². The van der Waals surface area contributed by atoms with Crippen molar-refractivity contribution >= 4 is 16.7 Å². The highest BCUT2D eigenvalue weighted by molar-refractivity contribution is 5.80. The normalized spacial score (nSPS) is 10.8. The van der Waals surface area contributed by atoms with Gasteiger partial charge in [-0.25, -0.2) is 4.39 Å². The molecule has 5 heteroatoms. The molecule has 0 atom stereocenters. The third-order valence-electron chi connectivity index (χ3n) is 3.71. The van der Waals surface area contributed by atoms with Crippen LogP contribution in [0.3, 0.4) is 0 Å². The number of anilines is 1. The fraction of sp³-hybridized carbons (Fsp3) is 0.211. The Balaban J connectivity index is 2.00. The molecule has 0 aliphatic heterocycles. The maximum atomic E-state index is 12.4. The van der Waals surface area contributed by atoms with Crippen molar-refractivity contribution in [2.75, 3.05) is 32.3 Å². The molecule has 0 saturated carbocycles. The van der Waals surface area contributed by atoms with Crippen molar-refractivity contribution in [2.45, 2.75) is 0 Å². The average Bonchev–Trinajstić information content (AvgIpc) is 2.60. The molecular formula is C19H18FNO3. The zero-order valence-corrected chi connectivity index (χ0v) is 13.6. The number of benzene rings is 2. The first-order valence-corrected chi connectivity index (χ1v) is 7.63. The summed E-state index contributed by atoms with van der Waals surface area (Å²) in [6.07, 6.45) is 0. The number of hydrogen-bond donors (Lipinski definition) is 0. The summed E-state index contributed by atoms with van der Waals surface area (Å²) in [5.74, 6) is 0.964. The Bertz CT molecular complexity index is 901. The van der Waals surface area contributed by atoms with Crippen LogP contribution in [-0.4, -0.2) is 27.4 Å². The third kappa shape index (κ3) is 3.25. The standard InChI is InChI=1S/C19H18FNO3/c1-21(2)14-5-3-13(4-6-14)19-12-17(22)16-11-15(23-10-9-20)7-8-18(16)24-19/h3-8,11-12H,9-10H2,1-2H3/i20-1. The molecule has 1 aromatic heterocycles. The molecule has 0 N–H and O–H groups in total. The number of hydrogen-bond acceptors (Lipinski definition) is 4. The molecule has 0 spiro atoms. The van der Waals surface area contributed by atoms with E-state index in [0.29, 0.717) is 22.5 Å². The average molecular weight is 326 g/mol. The number of alkyl halides is 1. The molecular weight excluding hydrogens is 308 g/mol. The minimum atomic E-state index is -0.575. The Morgan fingerprint density at radius 1 is 1.08 bits per heavy atom. The summed E-state index contributed by atoms with van der Waals surface area (Å²) < 4.78 is 23.2. The van der Waals surface area contributed by atoms with Crippen molar-refractivity contribution < 1.29 is 13.5 Å². The van der Waals surface area contributed by atoms with Gasteiger partial charge in [0.2, 0.25) is 0 Å². The third-order valence-corrected chi connectivity index (χ3v) is 3.71. The van der Waals surface area contributed by atoms with Gasteiger partial charge in [0.15, 0.2) is 5.43 Å². The molecule has 0 aliphatic rings. The van der Waals surface area contributed by atoms with Crippen LogP contribution in [-0.2, 0) is 0 Å². The van der Waals surface area contributed by atoms with Gasteiger partial charge in [0.05, 0.1) is 5.39 Å². The smallest absolute Gasteiger partial charge is 0.193 e. The second-order valence-corrected chi connectivity index (χ2v) is 5.61. The zero-order valence-electron chi connectivity index (χ0n) is 13.6. The lowest BCUT2D eigenvalue weighted by Crippen LogP contribution is -2.08. The van der Waals surface area contributed by atoms with E-state index < -0.39 is 6.67 Å². The number of nitrogens with zero attached hydrogens (tertiary/aromatic N) is 1. The lowest BCUT2D eigenvalue weighted by molar-refractivity contribution is 0.273. The maximum absolute atomic E-state index is 12.4. The molecule has 3 aromatic rings. The Morgan fingerprint density at radius 3 is 2.50 bits per heavy atom. The van der Waals surface area contributed by atoms with E-state index >= 15 is 0 Å². The summed E-state index contributed by atoms with van der Waals surface area (Å²) in [5, 5.41) is 0.417. The molecule has 0 aliphatic carbocycles. The van der Waals surface area contributed by atoms with E-state index in [1.807, 2.05) is 43.3 Å². The Morgan fingerprint density at radius 2 is 1.83 bits per heavy atom. The molecule has 0 radical (unpaired) electrons. The first-order chi connectivity index (χ1) is 11.6. The van der Waals surface area contributed by atoms with E-state index in [4.69, 9.17) is 9.15 Å². The van der Waals surface area contributed by atoms with Gasteiger partial charge in [-0.1, -0.05) is 0 Å². The zero-order chi connectivity index (χ0) is 17.1. The topological polar surface area (TPSA) is 42.7 Å². The molecule has 2 aromatic carbocycles. The van der Waals surface area contributed by atoms with Gasteiger partial charge in [-0.3, -0.25) is 4.79 Å². The van der Waals surface area contributed by atoms with E-state index in [2.05, 4.69) is 0 Å². The first-order valence-electron chi connectivity index (χ1n) is 7.63. The minimum absolute atomic E-state index is 0.0346. The second kappa shape index (κ2) is 6.74. The lowest BCUT2D eigenvalue weighted by Gasteiger charge is -2.12. The largest absolute Gasteiger partial charge is 0.491 e. The molecule has 0 saturated heterocycles. The highest BCUT2D eigenvalue weighted by Gasteiger charge is 2.09. The van der Waals surface area contributed by atoms with Gasteiger partial charge >= 0.3 is 0 Å². The lowest BCUT2D eigenvalue weighted by atomic mass is 10.1. The molecule has 0 fully saturated rings. The molecule has 24 heavy (non-hydrogen) atoms.